The van der Waals surface area contributed by atoms with E-state index in [1.54, 1.807) is 31.6 Å². The average molecular weight is 207 g/mol. The van der Waals surface area contributed by atoms with Crippen LogP contribution in [0.5, 0.6) is 5.75 Å². The first-order valence-corrected chi connectivity index (χ1v) is 5.72. The van der Waals surface area contributed by atoms with Crippen molar-refractivity contribution < 1.29 is 4.74 Å². The molecule has 0 aliphatic carbocycles. The third-order valence-electron chi connectivity index (χ3n) is 2.62. The Kier molecular flexibility index (Phi) is 8.94. The summed E-state index contributed by atoms with van der Waals surface area (Å²) >= 11 is 0. The summed E-state index contributed by atoms with van der Waals surface area (Å²) in [5, 5.41) is 0. The molecule has 0 bridgehead atoms. The van der Waals surface area contributed by atoms with Crippen LogP contribution < -0.4 is 4.74 Å². The highest BCUT2D eigenvalue weighted by atomic mass is 16.5. The van der Waals surface area contributed by atoms with Crippen LogP contribution in [0.1, 0.15) is 20.8 Å². The van der Waals surface area contributed by atoms with Gasteiger partial charge in [-0.05, 0) is 12.1 Å². The van der Waals surface area contributed by atoms with Crippen molar-refractivity contribution in [3.63, 3.8) is 0 Å². The van der Waals surface area contributed by atoms with Crippen LogP contribution in [-0.2, 0) is 0 Å². The van der Waals surface area contributed by atoms with Gasteiger partial charge in [-0.15, -0.1) is 0 Å². The number of hydrogen-bond acceptors (Lipinski definition) is 2. The Labute approximate surface area is 94.1 Å². The van der Waals surface area contributed by atoms with E-state index in [4.69, 9.17) is 4.74 Å². The number of hydrogen-bond donors (Lipinski definition) is 0. The average Bonchev–Trinajstić information content (AvgIpc) is 2.33. The lowest BCUT2D eigenvalue weighted by atomic mass is 9.44. The zero-order valence-electron chi connectivity index (χ0n) is 10.4. The maximum atomic E-state index is 4.87. The van der Waals surface area contributed by atoms with Gasteiger partial charge in [-0.3, -0.25) is 4.98 Å². The second kappa shape index (κ2) is 9.57. The Morgan fingerprint density at radius 1 is 1.07 bits per heavy atom. The molecule has 0 radical (unpaired) electrons. The fourth-order valence-electron chi connectivity index (χ4n) is 1.34. The van der Waals surface area contributed by atoms with Crippen LogP contribution in [0.15, 0.2) is 24.5 Å². The van der Waals surface area contributed by atoms with Gasteiger partial charge in [0, 0.05) is 12.4 Å². The third kappa shape index (κ3) is 7.00. The Balaban J connectivity index is 0.000000265. The van der Waals surface area contributed by atoms with Crippen LogP contribution in [0.25, 0.3) is 0 Å². The van der Waals surface area contributed by atoms with E-state index >= 15 is 0 Å². The summed E-state index contributed by atoms with van der Waals surface area (Å²) in [6.07, 6.45) is 7.45. The molecule has 1 aromatic rings. The summed E-state index contributed by atoms with van der Waals surface area (Å²) in [6.45, 7) is 7.77. The standard InChI is InChI=1S/C6H15B.C6H7NO/c1-4-7(5-2)6-3;1-8-6-2-4-7-5-3-6/h4-6H2,1-3H3;2-5H,1H3. The molecule has 3 heteroatoms. The monoisotopic (exact) mass is 207 g/mol. The van der Waals surface area contributed by atoms with Crippen LogP contribution in [0.4, 0.5) is 0 Å². The minimum absolute atomic E-state index is 0.847. The van der Waals surface area contributed by atoms with Gasteiger partial charge in [0.05, 0.1) is 7.11 Å². The molecule has 15 heavy (non-hydrogen) atoms. The first kappa shape index (κ1) is 14.0. The van der Waals surface area contributed by atoms with E-state index in [9.17, 15) is 0 Å². The molecule has 2 nitrogen and oxygen atoms in total. The second-order valence-electron chi connectivity index (χ2n) is 3.48. The summed E-state index contributed by atoms with van der Waals surface area (Å²) in [5.41, 5.74) is 0. The highest BCUT2D eigenvalue weighted by Crippen LogP contribution is 2.03. The van der Waals surface area contributed by atoms with E-state index in [2.05, 4.69) is 25.8 Å². The number of pyridine rings is 1. The van der Waals surface area contributed by atoms with Gasteiger partial charge < -0.3 is 4.74 Å². The molecule has 0 saturated heterocycles. The predicted octanol–water partition coefficient (Wildman–Crippen LogP) is 3.63. The molecule has 0 fully saturated rings. The molecule has 84 valence electrons. The maximum absolute atomic E-state index is 4.87. The van der Waals surface area contributed by atoms with Crippen molar-refractivity contribution in [3.8, 4) is 5.75 Å². The Morgan fingerprint density at radius 2 is 1.53 bits per heavy atom. The normalized spacial score (nSPS) is 8.80. The molecule has 0 unspecified atom stereocenters. The van der Waals surface area contributed by atoms with E-state index in [1.807, 2.05) is 0 Å². The summed E-state index contributed by atoms with van der Waals surface area (Å²) in [5.74, 6) is 0.847. The smallest absolute Gasteiger partial charge is 0.139 e. The quantitative estimate of drug-likeness (QED) is 0.703. The molecule has 0 atom stereocenters. The summed E-state index contributed by atoms with van der Waals surface area (Å²) in [4.78, 5) is 3.81. The van der Waals surface area contributed by atoms with E-state index < -0.39 is 0 Å². The molecule has 1 aromatic heterocycles. The molecule has 1 heterocycles. The number of ether oxygens (including phenoxy) is 1. The lowest BCUT2D eigenvalue weighted by molar-refractivity contribution is 0.414. The zero-order valence-corrected chi connectivity index (χ0v) is 10.4. The largest absolute Gasteiger partial charge is 0.497 e. The van der Waals surface area contributed by atoms with Crippen LogP contribution in [-0.4, -0.2) is 18.8 Å². The van der Waals surface area contributed by atoms with Gasteiger partial charge in [-0.1, -0.05) is 39.7 Å². The van der Waals surface area contributed by atoms with Gasteiger partial charge in [-0.2, -0.15) is 0 Å². The lowest BCUT2D eigenvalue weighted by Crippen LogP contribution is -2.04. The van der Waals surface area contributed by atoms with Crippen LogP contribution in [0.2, 0.25) is 19.0 Å². The number of nitrogens with zero attached hydrogens (tertiary/aromatic N) is 1. The van der Waals surface area contributed by atoms with Crippen molar-refractivity contribution in [2.45, 2.75) is 39.7 Å². The molecule has 0 aliphatic rings. The maximum Gasteiger partial charge on any atom is 0.139 e. The molecular weight excluding hydrogens is 185 g/mol. The van der Waals surface area contributed by atoms with Crippen molar-refractivity contribution in [1.29, 1.82) is 0 Å². The van der Waals surface area contributed by atoms with Gasteiger partial charge >= 0.3 is 0 Å². The lowest BCUT2D eigenvalue weighted by Gasteiger charge is -2.00. The molecular formula is C12H22BNO. The van der Waals surface area contributed by atoms with Crippen molar-refractivity contribution in [3.05, 3.63) is 24.5 Å². The molecule has 1 rings (SSSR count). The number of aromatic nitrogens is 1. The zero-order chi connectivity index (χ0) is 11.5. The van der Waals surface area contributed by atoms with Crippen LogP contribution >= 0.6 is 0 Å². The topological polar surface area (TPSA) is 22.1 Å². The Hall–Kier alpha value is -0.985. The van der Waals surface area contributed by atoms with E-state index in [0.717, 1.165) is 12.5 Å². The molecule has 0 aromatic carbocycles. The highest BCUT2D eigenvalue weighted by Gasteiger charge is 2.01. The van der Waals surface area contributed by atoms with Crippen molar-refractivity contribution >= 4 is 6.71 Å². The fourth-order valence-corrected chi connectivity index (χ4v) is 1.34. The Bertz CT molecular complexity index is 219. The SMILES string of the molecule is CCB(CC)CC.COc1ccncc1. The highest BCUT2D eigenvalue weighted by molar-refractivity contribution is 6.58. The number of rotatable bonds is 4. The summed E-state index contributed by atoms with van der Waals surface area (Å²) in [7, 11) is 1.63. The van der Waals surface area contributed by atoms with E-state index in [1.165, 1.54) is 19.0 Å². The van der Waals surface area contributed by atoms with E-state index in [0.29, 0.717) is 0 Å². The van der Waals surface area contributed by atoms with Crippen molar-refractivity contribution in [1.82, 2.24) is 4.98 Å². The molecule has 0 spiro atoms. The number of methoxy groups -OCH3 is 1. The van der Waals surface area contributed by atoms with Gasteiger partial charge in [-0.25, -0.2) is 0 Å². The first-order chi connectivity index (χ1) is 7.28. The Morgan fingerprint density at radius 3 is 1.73 bits per heavy atom. The van der Waals surface area contributed by atoms with Gasteiger partial charge in [0.25, 0.3) is 0 Å². The van der Waals surface area contributed by atoms with Gasteiger partial charge in [0.15, 0.2) is 0 Å². The van der Waals surface area contributed by atoms with Gasteiger partial charge in [0.1, 0.15) is 12.5 Å². The second-order valence-corrected chi connectivity index (χ2v) is 3.48. The van der Waals surface area contributed by atoms with Crippen LogP contribution in [0, 0.1) is 0 Å². The minimum atomic E-state index is 0.847. The third-order valence-corrected chi connectivity index (χ3v) is 2.62. The fraction of sp³-hybridized carbons (Fsp3) is 0.583. The molecule has 0 aliphatic heterocycles. The molecule has 0 amide bonds. The molecule has 0 N–H and O–H groups in total. The predicted molar refractivity (Wildman–Crippen MR) is 68.0 cm³/mol. The van der Waals surface area contributed by atoms with Crippen molar-refractivity contribution in [2.24, 2.45) is 0 Å². The summed E-state index contributed by atoms with van der Waals surface area (Å²) < 4.78 is 4.87. The summed E-state index contributed by atoms with van der Waals surface area (Å²) in [6, 6.07) is 3.61. The first-order valence-electron chi connectivity index (χ1n) is 5.72. The van der Waals surface area contributed by atoms with Crippen LogP contribution in [0.3, 0.4) is 0 Å². The van der Waals surface area contributed by atoms with E-state index in [-0.39, 0.29) is 0 Å². The van der Waals surface area contributed by atoms with Crippen molar-refractivity contribution in [2.75, 3.05) is 7.11 Å². The molecule has 0 saturated carbocycles. The minimum Gasteiger partial charge on any atom is -0.497 e. The van der Waals surface area contributed by atoms with Gasteiger partial charge in [0.2, 0.25) is 0 Å².